The second-order valence-corrected chi connectivity index (χ2v) is 7.25. The van der Waals surface area contributed by atoms with E-state index in [0.717, 1.165) is 6.54 Å². The lowest BCUT2D eigenvalue weighted by molar-refractivity contribution is 0.314. The zero-order valence-corrected chi connectivity index (χ0v) is 14.6. The number of halogens is 1. The van der Waals surface area contributed by atoms with Crippen LogP contribution in [0.2, 0.25) is 0 Å². The van der Waals surface area contributed by atoms with Crippen LogP contribution < -0.4 is 10.0 Å². The number of nitrogens with zero attached hydrogens (tertiary/aromatic N) is 1. The highest BCUT2D eigenvalue weighted by Crippen LogP contribution is 2.26. The van der Waals surface area contributed by atoms with Gasteiger partial charge in [-0.25, -0.2) is 13.1 Å². The highest BCUT2D eigenvalue weighted by atomic mass is 79.9. The molecule has 0 fully saturated rings. The molecule has 1 atom stereocenters. The normalized spacial score (nSPS) is 13.9. The molecule has 0 radical (unpaired) electrons. The second-order valence-electron chi connectivity index (χ2n) is 4.80. The van der Waals surface area contributed by atoms with Gasteiger partial charge in [0.25, 0.3) is 0 Å². The molecule has 2 N–H and O–H groups in total. The van der Waals surface area contributed by atoms with Crippen molar-refractivity contribution in [1.82, 2.24) is 14.9 Å². The predicted octanol–water partition coefficient (Wildman–Crippen LogP) is 1.38. The minimum absolute atomic E-state index is 0.108. The average Bonchev–Trinajstić information content (AvgIpc) is 2.75. The average molecular weight is 368 g/mol. The number of hydrogen-bond donors (Lipinski definition) is 2. The van der Waals surface area contributed by atoms with Crippen LogP contribution in [-0.4, -0.2) is 46.5 Å². The molecule has 0 amide bonds. The van der Waals surface area contributed by atoms with E-state index in [9.17, 15) is 8.42 Å². The monoisotopic (exact) mass is 367 g/mol. The summed E-state index contributed by atoms with van der Waals surface area (Å²) < 4.78 is 32.7. The lowest BCUT2D eigenvalue weighted by Gasteiger charge is -2.19. The molecule has 1 heterocycles. The molecule has 1 unspecified atom stereocenters. The lowest BCUT2D eigenvalue weighted by Crippen LogP contribution is -2.38. The third kappa shape index (κ3) is 4.85. The number of rotatable bonds is 8. The topological polar surface area (TPSA) is 74.6 Å². The summed E-state index contributed by atoms with van der Waals surface area (Å²) in [6, 6.07) is 1.65. The van der Waals surface area contributed by atoms with Crippen LogP contribution in [0.4, 0.5) is 0 Å². The number of likely N-dealkylation sites (N-methyl/N-ethyl adjacent to an activating group) is 1. The molecule has 20 heavy (non-hydrogen) atoms. The first kappa shape index (κ1) is 17.6. The van der Waals surface area contributed by atoms with E-state index in [1.807, 2.05) is 32.8 Å². The third-order valence-electron chi connectivity index (χ3n) is 3.00. The molecule has 0 saturated carbocycles. The SMILES string of the molecule is CCNCc1cc(S(=O)(=O)NCC(C)N(C)C)c(Br)o1. The molecule has 0 spiro atoms. The Hall–Kier alpha value is -0.410. The molecule has 8 heteroatoms. The molecule has 6 nitrogen and oxygen atoms in total. The molecule has 1 aromatic rings. The molecule has 1 aromatic heterocycles. The fourth-order valence-electron chi connectivity index (χ4n) is 1.41. The summed E-state index contributed by atoms with van der Waals surface area (Å²) in [6.45, 7) is 5.55. The van der Waals surface area contributed by atoms with Gasteiger partial charge in [-0.1, -0.05) is 6.92 Å². The Morgan fingerprint density at radius 3 is 2.65 bits per heavy atom. The van der Waals surface area contributed by atoms with Crippen LogP contribution in [0.5, 0.6) is 0 Å². The van der Waals surface area contributed by atoms with Crippen molar-refractivity contribution in [2.75, 3.05) is 27.2 Å². The highest BCUT2D eigenvalue weighted by Gasteiger charge is 2.23. The first-order chi connectivity index (χ1) is 9.27. The van der Waals surface area contributed by atoms with Gasteiger partial charge in [-0.15, -0.1) is 0 Å². The Kier molecular flexibility index (Phi) is 6.67. The molecule has 0 aromatic carbocycles. The zero-order valence-electron chi connectivity index (χ0n) is 12.2. The maximum absolute atomic E-state index is 12.2. The maximum Gasteiger partial charge on any atom is 0.245 e. The largest absolute Gasteiger partial charge is 0.452 e. The quantitative estimate of drug-likeness (QED) is 0.725. The van der Waals surface area contributed by atoms with Crippen molar-refractivity contribution in [2.24, 2.45) is 0 Å². The van der Waals surface area contributed by atoms with Gasteiger partial charge in [0.2, 0.25) is 10.0 Å². The van der Waals surface area contributed by atoms with E-state index in [1.165, 1.54) is 6.07 Å². The number of nitrogens with one attached hydrogen (secondary N) is 2. The molecular formula is C12H22BrN3O3S. The third-order valence-corrected chi connectivity index (χ3v) is 5.28. The van der Waals surface area contributed by atoms with Crippen molar-refractivity contribution in [2.45, 2.75) is 31.3 Å². The van der Waals surface area contributed by atoms with E-state index in [4.69, 9.17) is 4.42 Å². The van der Waals surface area contributed by atoms with Crippen molar-refractivity contribution in [3.05, 3.63) is 16.5 Å². The Bertz CT molecular complexity index is 528. The minimum atomic E-state index is -3.57. The minimum Gasteiger partial charge on any atom is -0.452 e. The zero-order chi connectivity index (χ0) is 15.3. The maximum atomic E-state index is 12.2. The number of sulfonamides is 1. The Morgan fingerprint density at radius 2 is 2.10 bits per heavy atom. The van der Waals surface area contributed by atoms with Crippen molar-refractivity contribution in [3.8, 4) is 0 Å². The smallest absolute Gasteiger partial charge is 0.245 e. The predicted molar refractivity (Wildman–Crippen MR) is 82.1 cm³/mol. The summed E-state index contributed by atoms with van der Waals surface area (Å²) in [6.07, 6.45) is 0. The molecule has 0 aliphatic rings. The summed E-state index contributed by atoms with van der Waals surface area (Å²) in [5.41, 5.74) is 0. The molecular weight excluding hydrogens is 346 g/mol. The fraction of sp³-hybridized carbons (Fsp3) is 0.667. The van der Waals surface area contributed by atoms with E-state index in [2.05, 4.69) is 26.0 Å². The first-order valence-electron chi connectivity index (χ1n) is 6.43. The molecule has 116 valence electrons. The number of furan rings is 1. The van der Waals surface area contributed by atoms with Crippen LogP contribution in [-0.2, 0) is 16.6 Å². The van der Waals surface area contributed by atoms with E-state index in [1.54, 1.807) is 0 Å². The van der Waals surface area contributed by atoms with Crippen molar-refractivity contribution >= 4 is 26.0 Å². The summed E-state index contributed by atoms with van der Waals surface area (Å²) in [5, 5.41) is 3.09. The Balaban J connectivity index is 2.79. The highest BCUT2D eigenvalue weighted by molar-refractivity contribution is 9.10. The van der Waals surface area contributed by atoms with Crippen molar-refractivity contribution < 1.29 is 12.8 Å². The van der Waals surface area contributed by atoms with Gasteiger partial charge in [-0.05, 0) is 43.5 Å². The summed E-state index contributed by atoms with van der Waals surface area (Å²) in [5.74, 6) is 0.583. The standard InChI is InChI=1S/C12H22BrN3O3S/c1-5-14-8-10-6-11(12(13)19-10)20(17,18)15-7-9(2)16(3)4/h6,9,14-15H,5,7-8H2,1-4H3. The Labute approximate surface area is 129 Å². The van der Waals surface area contributed by atoms with E-state index in [0.29, 0.717) is 18.8 Å². The summed E-state index contributed by atoms with van der Waals surface area (Å²) >= 11 is 3.16. The molecule has 1 rings (SSSR count). The van der Waals surface area contributed by atoms with Gasteiger partial charge in [-0.2, -0.15) is 0 Å². The van der Waals surface area contributed by atoms with Gasteiger partial charge in [0.15, 0.2) is 4.67 Å². The summed E-state index contributed by atoms with van der Waals surface area (Å²) in [4.78, 5) is 2.08. The van der Waals surface area contributed by atoms with Crippen LogP contribution in [0.1, 0.15) is 19.6 Å². The van der Waals surface area contributed by atoms with Crippen LogP contribution >= 0.6 is 15.9 Å². The van der Waals surface area contributed by atoms with Crippen LogP contribution in [0.25, 0.3) is 0 Å². The van der Waals surface area contributed by atoms with Crippen LogP contribution in [0.3, 0.4) is 0 Å². The van der Waals surface area contributed by atoms with E-state index >= 15 is 0 Å². The second kappa shape index (κ2) is 7.56. The lowest BCUT2D eigenvalue weighted by atomic mass is 10.3. The summed E-state index contributed by atoms with van der Waals surface area (Å²) in [7, 11) is 0.239. The molecule has 0 saturated heterocycles. The van der Waals surface area contributed by atoms with Crippen molar-refractivity contribution in [3.63, 3.8) is 0 Å². The molecule has 0 aliphatic heterocycles. The Morgan fingerprint density at radius 1 is 1.45 bits per heavy atom. The van der Waals surface area contributed by atoms with Crippen LogP contribution in [0, 0.1) is 0 Å². The number of hydrogen-bond acceptors (Lipinski definition) is 5. The van der Waals surface area contributed by atoms with Gasteiger partial charge in [0.05, 0.1) is 6.54 Å². The van der Waals surface area contributed by atoms with E-state index < -0.39 is 10.0 Å². The van der Waals surface area contributed by atoms with Gasteiger partial charge in [0, 0.05) is 18.7 Å². The first-order valence-corrected chi connectivity index (χ1v) is 8.70. The van der Waals surface area contributed by atoms with Crippen molar-refractivity contribution in [1.29, 1.82) is 0 Å². The molecule has 0 bridgehead atoms. The van der Waals surface area contributed by atoms with Gasteiger partial charge in [-0.3, -0.25) is 0 Å². The van der Waals surface area contributed by atoms with Gasteiger partial charge in [0.1, 0.15) is 10.7 Å². The van der Waals surface area contributed by atoms with Gasteiger partial charge < -0.3 is 14.6 Å². The van der Waals surface area contributed by atoms with Gasteiger partial charge >= 0.3 is 0 Å². The fourth-order valence-corrected chi connectivity index (χ4v) is 3.52. The van der Waals surface area contributed by atoms with Crippen LogP contribution in [0.15, 0.2) is 20.0 Å². The molecule has 0 aliphatic carbocycles. The van der Waals surface area contributed by atoms with E-state index in [-0.39, 0.29) is 15.6 Å².